The number of rotatable bonds is 1. The molecule has 4 nitrogen and oxygen atoms in total. The third kappa shape index (κ3) is 1.62. The van der Waals surface area contributed by atoms with E-state index in [4.69, 9.17) is 9.68 Å². The Bertz CT molecular complexity index is 623. The van der Waals surface area contributed by atoms with Crippen LogP contribution < -0.4 is 10.2 Å². The second-order valence-corrected chi connectivity index (χ2v) is 4.27. The number of benzene rings is 1. The highest BCUT2D eigenvalue weighted by molar-refractivity contribution is 5.91. The molecule has 0 spiro atoms. The number of hydrogen-bond acceptors (Lipinski definition) is 4. The van der Waals surface area contributed by atoms with E-state index in [1.165, 1.54) is 12.3 Å². The van der Waals surface area contributed by atoms with Crippen LogP contribution in [0.1, 0.15) is 5.56 Å². The molecule has 0 bridgehead atoms. The van der Waals surface area contributed by atoms with Crippen LogP contribution in [0.4, 0.5) is 10.1 Å². The zero-order chi connectivity index (χ0) is 12.5. The van der Waals surface area contributed by atoms with Gasteiger partial charge in [0.15, 0.2) is 11.4 Å². The monoisotopic (exact) mass is 245 g/mol. The topological polar surface area (TPSA) is 52.2 Å². The lowest BCUT2D eigenvalue weighted by Gasteiger charge is -2.29. The highest BCUT2D eigenvalue weighted by atomic mass is 19.1. The van der Waals surface area contributed by atoms with Gasteiger partial charge in [0.25, 0.3) is 0 Å². The zero-order valence-corrected chi connectivity index (χ0v) is 9.74. The van der Waals surface area contributed by atoms with Crippen LogP contribution in [-0.2, 0) is 0 Å². The molecule has 92 valence electrons. The molecule has 0 amide bonds. The van der Waals surface area contributed by atoms with Crippen molar-refractivity contribution in [2.45, 2.75) is 0 Å². The van der Waals surface area contributed by atoms with Gasteiger partial charge in [-0.15, -0.1) is 0 Å². The van der Waals surface area contributed by atoms with Gasteiger partial charge in [0.1, 0.15) is 11.8 Å². The number of furan rings is 1. The van der Waals surface area contributed by atoms with Gasteiger partial charge in [0.05, 0.1) is 11.8 Å². The van der Waals surface area contributed by atoms with Crippen molar-refractivity contribution in [1.82, 2.24) is 5.32 Å². The number of anilines is 1. The lowest BCUT2D eigenvalue weighted by Crippen LogP contribution is -2.44. The van der Waals surface area contributed by atoms with E-state index in [1.54, 1.807) is 6.07 Å². The molecule has 1 aromatic heterocycles. The number of halogens is 1. The van der Waals surface area contributed by atoms with Gasteiger partial charge in [-0.25, -0.2) is 4.39 Å². The van der Waals surface area contributed by atoms with Crippen LogP contribution >= 0.6 is 0 Å². The van der Waals surface area contributed by atoms with Crippen LogP contribution in [0, 0.1) is 17.1 Å². The Balaban J connectivity index is 2.21. The minimum atomic E-state index is -0.484. The van der Waals surface area contributed by atoms with Crippen molar-refractivity contribution in [3.63, 3.8) is 0 Å². The first kappa shape index (κ1) is 11.1. The van der Waals surface area contributed by atoms with Crippen molar-refractivity contribution >= 4 is 16.7 Å². The Labute approximate surface area is 104 Å². The average molecular weight is 245 g/mol. The van der Waals surface area contributed by atoms with E-state index >= 15 is 0 Å². The summed E-state index contributed by atoms with van der Waals surface area (Å²) in [5, 5.41) is 13.0. The molecule has 2 heterocycles. The molecule has 1 aliphatic heterocycles. The summed E-state index contributed by atoms with van der Waals surface area (Å²) >= 11 is 0. The quantitative estimate of drug-likeness (QED) is 0.833. The summed E-state index contributed by atoms with van der Waals surface area (Å²) in [4.78, 5) is 1.93. The summed E-state index contributed by atoms with van der Waals surface area (Å²) in [5.74, 6) is -0.484. The minimum Gasteiger partial charge on any atom is -0.462 e. The number of piperazine rings is 1. The van der Waals surface area contributed by atoms with E-state index in [0.717, 1.165) is 18.5 Å². The van der Waals surface area contributed by atoms with E-state index in [9.17, 15) is 4.39 Å². The zero-order valence-electron chi connectivity index (χ0n) is 9.74. The summed E-state index contributed by atoms with van der Waals surface area (Å²) in [6.45, 7) is 3.03. The Morgan fingerprint density at radius 1 is 1.39 bits per heavy atom. The van der Waals surface area contributed by atoms with Gasteiger partial charge in [0, 0.05) is 31.6 Å². The summed E-state index contributed by atoms with van der Waals surface area (Å²) in [6.07, 6.45) is 1.52. The van der Waals surface area contributed by atoms with Crippen LogP contribution in [0.15, 0.2) is 22.8 Å². The molecule has 1 saturated heterocycles. The van der Waals surface area contributed by atoms with Crippen molar-refractivity contribution in [2.24, 2.45) is 0 Å². The van der Waals surface area contributed by atoms with Crippen molar-refractivity contribution in [3.8, 4) is 6.07 Å². The molecule has 1 fully saturated rings. The standard InChI is InChI=1S/C13H12FN3O/c14-11-10(8-15)7-9-1-6-18-13(9)12(11)17-4-2-16-3-5-17/h1,6-7,16H,2-5H2. The van der Waals surface area contributed by atoms with Crippen molar-refractivity contribution in [1.29, 1.82) is 5.26 Å². The van der Waals surface area contributed by atoms with Gasteiger partial charge in [-0.2, -0.15) is 5.26 Å². The highest BCUT2D eigenvalue weighted by Gasteiger charge is 2.22. The van der Waals surface area contributed by atoms with E-state index < -0.39 is 5.82 Å². The van der Waals surface area contributed by atoms with Crippen LogP contribution in [0.3, 0.4) is 0 Å². The summed E-state index contributed by atoms with van der Waals surface area (Å²) in [5.41, 5.74) is 1.00. The first-order valence-corrected chi connectivity index (χ1v) is 5.86. The Morgan fingerprint density at radius 3 is 2.89 bits per heavy atom. The van der Waals surface area contributed by atoms with Crippen molar-refractivity contribution < 1.29 is 8.81 Å². The van der Waals surface area contributed by atoms with Gasteiger partial charge in [-0.1, -0.05) is 0 Å². The average Bonchev–Trinajstić information content (AvgIpc) is 2.86. The molecule has 1 N–H and O–H groups in total. The second kappa shape index (κ2) is 4.31. The molecule has 0 aliphatic carbocycles. The fourth-order valence-electron chi connectivity index (χ4n) is 2.32. The second-order valence-electron chi connectivity index (χ2n) is 4.27. The molecule has 0 unspecified atom stereocenters. The van der Waals surface area contributed by atoms with Gasteiger partial charge < -0.3 is 14.6 Å². The first-order valence-electron chi connectivity index (χ1n) is 5.86. The van der Waals surface area contributed by atoms with Gasteiger partial charge in [-0.3, -0.25) is 0 Å². The molecule has 0 radical (unpaired) electrons. The van der Waals surface area contributed by atoms with Gasteiger partial charge in [0.2, 0.25) is 0 Å². The lowest BCUT2D eigenvalue weighted by molar-refractivity contribution is 0.555. The fourth-order valence-corrected chi connectivity index (χ4v) is 2.32. The normalized spacial score (nSPS) is 15.9. The maximum atomic E-state index is 14.3. The number of nitrogens with zero attached hydrogens (tertiary/aromatic N) is 2. The molecule has 1 aromatic carbocycles. The Morgan fingerprint density at radius 2 is 2.17 bits per heavy atom. The van der Waals surface area contributed by atoms with Gasteiger partial charge >= 0.3 is 0 Å². The maximum absolute atomic E-state index is 14.3. The predicted octanol–water partition coefficient (Wildman–Crippen LogP) is 1.85. The number of nitriles is 1. The molecule has 3 rings (SSSR count). The molecule has 5 heteroatoms. The molecule has 2 aromatic rings. The number of fused-ring (bicyclic) bond motifs is 1. The predicted molar refractivity (Wildman–Crippen MR) is 66.0 cm³/mol. The third-order valence-corrected chi connectivity index (χ3v) is 3.21. The third-order valence-electron chi connectivity index (χ3n) is 3.21. The summed E-state index contributed by atoms with van der Waals surface area (Å²) < 4.78 is 19.7. The lowest BCUT2D eigenvalue weighted by atomic mass is 10.1. The molecule has 18 heavy (non-hydrogen) atoms. The molecular formula is C13H12FN3O. The Kier molecular flexibility index (Phi) is 2.65. The SMILES string of the molecule is N#Cc1cc2ccoc2c(N2CCNCC2)c1F. The van der Waals surface area contributed by atoms with Crippen LogP contribution in [0.25, 0.3) is 11.0 Å². The number of nitrogens with one attached hydrogen (secondary N) is 1. The fraction of sp³-hybridized carbons (Fsp3) is 0.308. The molecule has 1 aliphatic rings. The molecule has 0 saturated carbocycles. The van der Waals surface area contributed by atoms with E-state index in [1.807, 2.05) is 11.0 Å². The maximum Gasteiger partial charge on any atom is 0.168 e. The summed E-state index contributed by atoms with van der Waals surface area (Å²) in [7, 11) is 0. The molecular weight excluding hydrogens is 233 g/mol. The van der Waals surface area contributed by atoms with Crippen LogP contribution in [-0.4, -0.2) is 26.2 Å². The van der Waals surface area contributed by atoms with E-state index in [0.29, 0.717) is 24.4 Å². The largest absolute Gasteiger partial charge is 0.462 e. The number of hydrogen-bond donors (Lipinski definition) is 1. The van der Waals surface area contributed by atoms with Crippen molar-refractivity contribution in [2.75, 3.05) is 31.1 Å². The van der Waals surface area contributed by atoms with Gasteiger partial charge in [-0.05, 0) is 12.1 Å². The highest BCUT2D eigenvalue weighted by Crippen LogP contribution is 2.33. The minimum absolute atomic E-state index is 0.0671. The molecule has 0 atom stereocenters. The first-order chi connectivity index (χ1) is 8.81. The Hall–Kier alpha value is -2.06. The summed E-state index contributed by atoms with van der Waals surface area (Å²) in [6, 6.07) is 5.18. The smallest absolute Gasteiger partial charge is 0.168 e. The van der Waals surface area contributed by atoms with Crippen LogP contribution in [0.5, 0.6) is 0 Å². The van der Waals surface area contributed by atoms with E-state index in [2.05, 4.69) is 5.32 Å². The van der Waals surface area contributed by atoms with Crippen LogP contribution in [0.2, 0.25) is 0 Å². The van der Waals surface area contributed by atoms with Crippen molar-refractivity contribution in [3.05, 3.63) is 29.8 Å². The van der Waals surface area contributed by atoms with E-state index in [-0.39, 0.29) is 5.56 Å².